The summed E-state index contributed by atoms with van der Waals surface area (Å²) in [6.07, 6.45) is 0. The molecule has 6 heterocycles. The van der Waals surface area contributed by atoms with E-state index in [1.165, 1.54) is 145 Å². The molecule has 6 aromatic heterocycles. The van der Waals surface area contributed by atoms with Gasteiger partial charge in [0.1, 0.15) is 22.3 Å². The second-order valence-corrected chi connectivity index (χ2v) is 38.7. The Balaban J connectivity index is 0.000000102. The minimum atomic E-state index is 0.649. The zero-order chi connectivity index (χ0) is 96.6. The van der Waals surface area contributed by atoms with E-state index in [0.29, 0.717) is 5.56 Å². The summed E-state index contributed by atoms with van der Waals surface area (Å²) >= 11 is 0. The molecule has 0 fully saturated rings. The fourth-order valence-corrected chi connectivity index (χ4v) is 24.2. The van der Waals surface area contributed by atoms with Crippen molar-refractivity contribution in [3.63, 3.8) is 0 Å². The highest BCUT2D eigenvalue weighted by Crippen LogP contribution is 2.52. The normalized spacial score (nSPS) is 11.9. The van der Waals surface area contributed by atoms with Gasteiger partial charge in [-0.3, -0.25) is 0 Å². The molecule has 0 aliphatic heterocycles. The third kappa shape index (κ3) is 13.1. The Hall–Kier alpha value is -19.8. The number of furan rings is 2. The van der Waals surface area contributed by atoms with Gasteiger partial charge < -0.3 is 13.4 Å². The molecule has 7 heteroatoms. The zero-order valence-corrected chi connectivity index (χ0v) is 79.3. The van der Waals surface area contributed by atoms with E-state index in [1.54, 1.807) is 0 Å². The number of aromatic nitrogens is 4. The lowest BCUT2D eigenvalue weighted by Crippen LogP contribution is -1.93. The van der Waals surface area contributed by atoms with Gasteiger partial charge in [-0.1, -0.05) is 406 Å². The molecular weight excluding hydrogens is 1780 g/mol. The largest absolute Gasteiger partial charge is 0.455 e. The first-order chi connectivity index (χ1) is 72.9. The van der Waals surface area contributed by atoms with Gasteiger partial charge in [0.05, 0.1) is 56.3 Å². The average molecular weight is 1870 g/mol. The molecule has 0 radical (unpaired) electrons. The molecule has 0 bridgehead atoms. The molecule has 26 aromatic carbocycles. The lowest BCUT2D eigenvalue weighted by molar-refractivity contribution is 0.670. The molecule has 147 heavy (non-hydrogen) atoms. The molecule has 32 rings (SSSR count). The van der Waals surface area contributed by atoms with Crippen molar-refractivity contribution < 1.29 is 8.83 Å². The summed E-state index contributed by atoms with van der Waals surface area (Å²) in [5.74, 6) is 0. The maximum absolute atomic E-state index is 9.71. The van der Waals surface area contributed by atoms with E-state index in [9.17, 15) is 5.26 Å². The van der Waals surface area contributed by atoms with Gasteiger partial charge in [-0.2, -0.15) is 5.26 Å². The lowest BCUT2D eigenvalue weighted by Gasteiger charge is -2.15. The van der Waals surface area contributed by atoms with Crippen LogP contribution < -0.4 is 0 Å². The third-order valence-corrected chi connectivity index (χ3v) is 30.7. The molecule has 0 aliphatic rings. The number of nitriles is 1. The maximum atomic E-state index is 9.71. The summed E-state index contributed by atoms with van der Waals surface area (Å²) in [7, 11) is 0. The van der Waals surface area contributed by atoms with E-state index in [1.807, 2.05) is 18.2 Å². The Bertz CT molecular complexity index is 11400. The van der Waals surface area contributed by atoms with E-state index < -0.39 is 0 Å². The highest BCUT2D eigenvalue weighted by Gasteiger charge is 2.27. The van der Waals surface area contributed by atoms with E-state index in [2.05, 4.69) is 484 Å². The maximum Gasteiger partial charge on any atom is 0.143 e. The molecule has 0 unspecified atom stereocenters. The number of para-hydroxylation sites is 1. The Morgan fingerprint density at radius 2 is 0.531 bits per heavy atom. The highest BCUT2D eigenvalue weighted by atomic mass is 16.3. The molecule has 32 aromatic rings. The summed E-state index contributed by atoms with van der Waals surface area (Å²) < 4.78 is 15.9. The standard InChI is InChI=1S/2C47H27NO.C46H27N3/c1-3-16-32-28(12-1)24-25-41-43(32)44-33-17-4-2-13-30(33)27-40(47(44)49-41)29-14-11-15-31(26-29)45-39-23-10-8-21-37(39)42-36-20-7-5-18-34(36)35-19-6-9-22-38(35)46(42)48-45;1-2-13-29-27-42-41(25-28(29)12-1)44-33-17-4-3-14-31(33)26-40(47(44)49-42)30-15-11-16-32(24-30)45-39-23-10-8-21-37(39)43-36-20-7-5-18-34(36)35-19-6-9-22-38(35)46(43)48-45;47-28-29-21-23-36-41-27-31(22-24-42(41)49(43(36)25-29)33-13-2-1-3-14-33)30-11-10-12-32(26-30)45-40-20-9-7-18-38(40)44-37-17-6-4-15-34(37)35-16-5-8-19-39(35)46(44)48-45/h3*1-27H. The Kier molecular flexibility index (Phi) is 18.7. The molecule has 0 saturated heterocycles. The fraction of sp³-hybridized carbons (Fsp3) is 0. The minimum Gasteiger partial charge on any atom is -0.455 e. The van der Waals surface area contributed by atoms with Gasteiger partial charge in [0, 0.05) is 114 Å². The SMILES string of the molecule is N#Cc1ccc2c3cc(-c4cccc(-c5nc6c7ccccc7c7ccccc7c6c6ccccc56)c4)ccc3n(-c3ccccc3)c2c1.c1cc(-c2nc3c4ccccc4c4ccccc4c3c3ccccc23)cc(-c2cc3ccccc3c3c2oc2cc4ccccc4cc23)c1.c1cc(-c2nc3c4ccccc4c4ccccc4c3c3ccccc23)cc(-c2cc3ccccc3c3c2oc2ccc4ccccc4c23)c1. The smallest absolute Gasteiger partial charge is 0.143 e. The Labute approximate surface area is 841 Å². The van der Waals surface area contributed by atoms with Crippen LogP contribution in [0.25, 0.3) is 311 Å². The van der Waals surface area contributed by atoms with E-state index in [4.69, 9.17) is 23.8 Å². The van der Waals surface area contributed by atoms with E-state index in [-0.39, 0.29) is 0 Å². The number of nitrogens with zero attached hydrogens (tertiary/aromatic N) is 5. The summed E-state index contributed by atoms with van der Waals surface area (Å²) in [6, 6.07) is 178. The van der Waals surface area contributed by atoms with Crippen LogP contribution >= 0.6 is 0 Å². The van der Waals surface area contributed by atoms with Crippen molar-refractivity contribution in [3.05, 3.63) is 497 Å². The van der Waals surface area contributed by atoms with Crippen molar-refractivity contribution in [1.82, 2.24) is 19.5 Å². The molecular formula is C140H81N5O2. The second-order valence-electron chi connectivity index (χ2n) is 38.7. The van der Waals surface area contributed by atoms with Crippen molar-refractivity contribution in [2.45, 2.75) is 0 Å². The van der Waals surface area contributed by atoms with Crippen LogP contribution in [0.4, 0.5) is 0 Å². The van der Waals surface area contributed by atoms with Gasteiger partial charge in [-0.05, 0) is 215 Å². The van der Waals surface area contributed by atoms with Crippen LogP contribution in [0.5, 0.6) is 0 Å². The van der Waals surface area contributed by atoms with Crippen LogP contribution in [0.3, 0.4) is 0 Å². The summed E-state index contributed by atoms with van der Waals surface area (Å²) in [5, 5.41) is 51.5. The number of pyridine rings is 3. The lowest BCUT2D eigenvalue weighted by atomic mass is 9.91. The molecule has 0 atom stereocenters. The number of hydrogen-bond donors (Lipinski definition) is 0. The van der Waals surface area contributed by atoms with E-state index in [0.717, 1.165) is 166 Å². The monoisotopic (exact) mass is 1860 g/mol. The van der Waals surface area contributed by atoms with Crippen molar-refractivity contribution in [3.8, 4) is 78.9 Å². The summed E-state index contributed by atoms with van der Waals surface area (Å²) in [4.78, 5) is 16.6. The van der Waals surface area contributed by atoms with Crippen molar-refractivity contribution in [1.29, 1.82) is 5.26 Å². The molecule has 0 saturated carbocycles. The first-order valence-corrected chi connectivity index (χ1v) is 50.1. The van der Waals surface area contributed by atoms with Gasteiger partial charge in [0.25, 0.3) is 0 Å². The van der Waals surface area contributed by atoms with Gasteiger partial charge in [-0.25, -0.2) is 15.0 Å². The number of hydrogen-bond acceptors (Lipinski definition) is 6. The number of benzene rings is 26. The van der Waals surface area contributed by atoms with Crippen LogP contribution in [0.15, 0.2) is 500 Å². The van der Waals surface area contributed by atoms with Crippen molar-refractivity contribution >= 4 is 238 Å². The zero-order valence-electron chi connectivity index (χ0n) is 79.3. The molecule has 678 valence electrons. The molecule has 0 amide bonds. The van der Waals surface area contributed by atoms with E-state index >= 15 is 0 Å². The predicted octanol–water partition coefficient (Wildman–Crippen LogP) is 38.5. The number of fused-ring (bicyclic) bond motifs is 40. The van der Waals surface area contributed by atoms with Crippen LogP contribution in [0, 0.1) is 11.3 Å². The average Bonchev–Trinajstić information content (AvgIpc) is 1.54. The molecule has 0 N–H and O–H groups in total. The molecule has 0 aliphatic carbocycles. The quantitative estimate of drug-likeness (QED) is 0.148. The predicted molar refractivity (Wildman–Crippen MR) is 619 cm³/mol. The summed E-state index contributed by atoms with van der Waals surface area (Å²) in [5.41, 5.74) is 23.4. The van der Waals surface area contributed by atoms with Gasteiger partial charge in [-0.15, -0.1) is 0 Å². The first kappa shape index (κ1) is 83.0. The first-order valence-electron chi connectivity index (χ1n) is 50.1. The van der Waals surface area contributed by atoms with Gasteiger partial charge >= 0.3 is 0 Å². The fourth-order valence-electron chi connectivity index (χ4n) is 24.2. The van der Waals surface area contributed by atoms with Crippen LogP contribution in [0.2, 0.25) is 0 Å². The highest BCUT2D eigenvalue weighted by molar-refractivity contribution is 6.36. The van der Waals surface area contributed by atoms with Crippen LogP contribution in [-0.2, 0) is 0 Å². The minimum absolute atomic E-state index is 0.649. The van der Waals surface area contributed by atoms with Gasteiger partial charge in [0.2, 0.25) is 0 Å². The molecule has 0 spiro atoms. The third-order valence-electron chi connectivity index (χ3n) is 30.7. The Morgan fingerprint density at radius 3 is 1.00 bits per heavy atom. The van der Waals surface area contributed by atoms with Crippen LogP contribution in [-0.4, -0.2) is 19.5 Å². The van der Waals surface area contributed by atoms with Crippen molar-refractivity contribution in [2.24, 2.45) is 0 Å². The van der Waals surface area contributed by atoms with Gasteiger partial charge in [0.15, 0.2) is 0 Å². The Morgan fingerprint density at radius 1 is 0.184 bits per heavy atom. The number of rotatable bonds is 7. The second kappa shape index (κ2) is 33.2. The van der Waals surface area contributed by atoms with Crippen LogP contribution in [0.1, 0.15) is 5.56 Å². The summed E-state index contributed by atoms with van der Waals surface area (Å²) in [6.45, 7) is 0. The van der Waals surface area contributed by atoms with Crippen molar-refractivity contribution in [2.75, 3.05) is 0 Å². The molecule has 7 nitrogen and oxygen atoms in total. The topological polar surface area (TPSA) is 93.7 Å².